The van der Waals surface area contributed by atoms with Crippen LogP contribution in [0.5, 0.6) is 0 Å². The summed E-state index contributed by atoms with van der Waals surface area (Å²) in [6.07, 6.45) is 2.58. The number of benzene rings is 1. The Morgan fingerprint density at radius 2 is 1.95 bits per heavy atom. The molecular formula is C17H27NO. The maximum Gasteiger partial charge on any atom is 0.0537 e. The lowest BCUT2D eigenvalue weighted by Crippen LogP contribution is -2.47. The van der Waals surface area contributed by atoms with E-state index in [1.807, 2.05) is 6.07 Å². The molecule has 1 heterocycles. The summed E-state index contributed by atoms with van der Waals surface area (Å²) in [4.78, 5) is 2.52. The van der Waals surface area contributed by atoms with Crippen LogP contribution in [0.2, 0.25) is 0 Å². The lowest BCUT2D eigenvalue weighted by Gasteiger charge is -2.42. The Kier molecular flexibility index (Phi) is 4.32. The van der Waals surface area contributed by atoms with Gasteiger partial charge in [-0.05, 0) is 30.4 Å². The van der Waals surface area contributed by atoms with Crippen molar-refractivity contribution in [1.29, 1.82) is 0 Å². The smallest absolute Gasteiger partial charge is 0.0537 e. The first-order valence-corrected chi connectivity index (χ1v) is 7.34. The summed E-state index contributed by atoms with van der Waals surface area (Å²) in [5, 5.41) is 9.87. The van der Waals surface area contributed by atoms with Gasteiger partial charge in [-0.25, -0.2) is 0 Å². The summed E-state index contributed by atoms with van der Waals surface area (Å²) in [6.45, 7) is 10.3. The van der Waals surface area contributed by atoms with E-state index in [1.54, 1.807) is 0 Å². The summed E-state index contributed by atoms with van der Waals surface area (Å²) in [6, 6.07) is 10.4. The molecule has 1 aliphatic heterocycles. The fourth-order valence-electron chi connectivity index (χ4n) is 3.25. The topological polar surface area (TPSA) is 23.5 Å². The maximum atomic E-state index is 9.87. The van der Waals surface area contributed by atoms with Crippen LogP contribution in [0.15, 0.2) is 30.3 Å². The number of hydrogen-bond donors (Lipinski definition) is 1. The molecule has 1 saturated heterocycles. The molecule has 1 aliphatic rings. The minimum Gasteiger partial charge on any atom is -0.395 e. The minimum atomic E-state index is -0.158. The zero-order chi connectivity index (χ0) is 13.9. The SMILES string of the molecule is CC1(C)CCCN(CC(C)(CO)c2ccccc2)C1. The lowest BCUT2D eigenvalue weighted by molar-refractivity contribution is 0.0768. The Labute approximate surface area is 117 Å². The van der Waals surface area contributed by atoms with Crippen LogP contribution >= 0.6 is 0 Å². The molecule has 0 aromatic heterocycles. The zero-order valence-electron chi connectivity index (χ0n) is 12.5. The molecule has 0 radical (unpaired) electrons. The molecule has 0 saturated carbocycles. The van der Waals surface area contributed by atoms with E-state index in [1.165, 1.54) is 18.4 Å². The molecule has 0 aliphatic carbocycles. The van der Waals surface area contributed by atoms with E-state index in [4.69, 9.17) is 0 Å². The monoisotopic (exact) mass is 261 g/mol. The van der Waals surface area contributed by atoms with Gasteiger partial charge in [0, 0.05) is 18.5 Å². The van der Waals surface area contributed by atoms with Crippen LogP contribution in [0.25, 0.3) is 0 Å². The normalized spacial score (nSPS) is 22.9. The third-order valence-electron chi connectivity index (χ3n) is 4.37. The van der Waals surface area contributed by atoms with Crippen molar-refractivity contribution in [3.8, 4) is 0 Å². The highest BCUT2D eigenvalue weighted by Gasteiger charge is 2.33. The van der Waals surface area contributed by atoms with Crippen LogP contribution in [0.1, 0.15) is 39.2 Å². The molecule has 1 atom stereocenters. The second-order valence-electron chi connectivity index (χ2n) is 7.06. The van der Waals surface area contributed by atoms with E-state index in [0.29, 0.717) is 5.41 Å². The molecule has 0 amide bonds. The second-order valence-corrected chi connectivity index (χ2v) is 7.06. The van der Waals surface area contributed by atoms with Gasteiger partial charge in [-0.3, -0.25) is 0 Å². The van der Waals surface area contributed by atoms with Crippen LogP contribution in [0.3, 0.4) is 0 Å². The van der Waals surface area contributed by atoms with Crippen molar-refractivity contribution >= 4 is 0 Å². The Bertz CT molecular complexity index is 401. The zero-order valence-corrected chi connectivity index (χ0v) is 12.5. The fourth-order valence-corrected chi connectivity index (χ4v) is 3.25. The van der Waals surface area contributed by atoms with Crippen LogP contribution in [0, 0.1) is 5.41 Å². The third kappa shape index (κ3) is 3.58. The van der Waals surface area contributed by atoms with Gasteiger partial charge in [-0.15, -0.1) is 0 Å². The Balaban J connectivity index is 2.10. The van der Waals surface area contributed by atoms with Crippen LogP contribution in [-0.2, 0) is 5.41 Å². The summed E-state index contributed by atoms with van der Waals surface area (Å²) < 4.78 is 0. The molecule has 0 bridgehead atoms. The van der Waals surface area contributed by atoms with Crippen molar-refractivity contribution in [1.82, 2.24) is 4.90 Å². The van der Waals surface area contributed by atoms with E-state index in [0.717, 1.165) is 19.6 Å². The predicted octanol–water partition coefficient (Wildman–Crippen LogP) is 3.06. The van der Waals surface area contributed by atoms with Crippen molar-refractivity contribution < 1.29 is 5.11 Å². The van der Waals surface area contributed by atoms with Crippen molar-refractivity contribution in [3.63, 3.8) is 0 Å². The Morgan fingerprint density at radius 3 is 2.53 bits per heavy atom. The van der Waals surface area contributed by atoms with E-state index < -0.39 is 0 Å². The number of rotatable bonds is 4. The van der Waals surface area contributed by atoms with Crippen molar-refractivity contribution in [2.24, 2.45) is 5.41 Å². The number of aliphatic hydroxyl groups excluding tert-OH is 1. The third-order valence-corrected chi connectivity index (χ3v) is 4.37. The van der Waals surface area contributed by atoms with Crippen LogP contribution < -0.4 is 0 Å². The number of piperidine rings is 1. The summed E-state index contributed by atoms with van der Waals surface area (Å²) in [5.74, 6) is 0. The summed E-state index contributed by atoms with van der Waals surface area (Å²) >= 11 is 0. The second kappa shape index (κ2) is 5.64. The highest BCUT2D eigenvalue weighted by Crippen LogP contribution is 2.31. The minimum absolute atomic E-state index is 0.158. The van der Waals surface area contributed by atoms with Gasteiger partial charge in [-0.2, -0.15) is 0 Å². The van der Waals surface area contributed by atoms with Gasteiger partial charge in [0.25, 0.3) is 0 Å². The maximum absolute atomic E-state index is 9.87. The van der Waals surface area contributed by atoms with Gasteiger partial charge in [0.2, 0.25) is 0 Å². The molecule has 2 heteroatoms. The van der Waals surface area contributed by atoms with Crippen molar-refractivity contribution in [2.45, 2.75) is 39.0 Å². The number of nitrogens with zero attached hydrogens (tertiary/aromatic N) is 1. The first kappa shape index (κ1) is 14.5. The average molecular weight is 261 g/mol. The number of aliphatic hydroxyl groups is 1. The van der Waals surface area contributed by atoms with Gasteiger partial charge in [-0.1, -0.05) is 51.1 Å². The molecule has 1 aromatic carbocycles. The molecular weight excluding hydrogens is 234 g/mol. The Morgan fingerprint density at radius 1 is 1.26 bits per heavy atom. The summed E-state index contributed by atoms with van der Waals surface area (Å²) in [5.41, 5.74) is 1.49. The van der Waals surface area contributed by atoms with Crippen molar-refractivity contribution in [3.05, 3.63) is 35.9 Å². The molecule has 2 nitrogen and oxygen atoms in total. The summed E-state index contributed by atoms with van der Waals surface area (Å²) in [7, 11) is 0. The highest BCUT2D eigenvalue weighted by atomic mass is 16.3. The molecule has 19 heavy (non-hydrogen) atoms. The fraction of sp³-hybridized carbons (Fsp3) is 0.647. The van der Waals surface area contributed by atoms with E-state index in [-0.39, 0.29) is 12.0 Å². The Hall–Kier alpha value is -0.860. The van der Waals surface area contributed by atoms with Crippen molar-refractivity contribution in [2.75, 3.05) is 26.2 Å². The first-order chi connectivity index (χ1) is 8.95. The highest BCUT2D eigenvalue weighted by molar-refractivity contribution is 5.25. The van der Waals surface area contributed by atoms with Crippen LogP contribution in [-0.4, -0.2) is 36.2 Å². The predicted molar refractivity (Wildman–Crippen MR) is 80.3 cm³/mol. The van der Waals surface area contributed by atoms with Gasteiger partial charge in [0.05, 0.1) is 6.61 Å². The molecule has 1 aromatic rings. The standard InChI is InChI=1S/C17H27NO/c1-16(2)10-7-11-18(12-16)13-17(3,14-19)15-8-5-4-6-9-15/h4-6,8-9,19H,7,10-14H2,1-3H3. The molecule has 0 spiro atoms. The molecule has 1 unspecified atom stereocenters. The van der Waals surface area contributed by atoms with Gasteiger partial charge in [0.15, 0.2) is 0 Å². The van der Waals surface area contributed by atoms with Gasteiger partial charge >= 0.3 is 0 Å². The van der Waals surface area contributed by atoms with E-state index >= 15 is 0 Å². The molecule has 1 fully saturated rings. The largest absolute Gasteiger partial charge is 0.395 e. The van der Waals surface area contributed by atoms with Gasteiger partial charge < -0.3 is 10.0 Å². The van der Waals surface area contributed by atoms with Crippen LogP contribution in [0.4, 0.5) is 0 Å². The quantitative estimate of drug-likeness (QED) is 0.900. The molecule has 2 rings (SSSR count). The average Bonchev–Trinajstić information content (AvgIpc) is 2.38. The first-order valence-electron chi connectivity index (χ1n) is 7.34. The van der Waals surface area contributed by atoms with E-state index in [9.17, 15) is 5.11 Å². The lowest BCUT2D eigenvalue weighted by atomic mass is 9.79. The van der Waals surface area contributed by atoms with Gasteiger partial charge in [0.1, 0.15) is 0 Å². The van der Waals surface area contributed by atoms with E-state index in [2.05, 4.69) is 49.9 Å². The molecule has 106 valence electrons. The number of likely N-dealkylation sites (tertiary alicyclic amines) is 1. The number of hydrogen-bond acceptors (Lipinski definition) is 2. The molecule has 1 N–H and O–H groups in total.